The SMILES string of the molecule is COC(=O)c1nnc(C(C(F)(F)F)C(F)(F)F)o1. The summed E-state index contributed by atoms with van der Waals surface area (Å²) < 4.78 is 81.4. The fourth-order valence-corrected chi connectivity index (χ4v) is 0.987. The van der Waals surface area contributed by atoms with Crippen LogP contribution in [0.1, 0.15) is 22.5 Å². The summed E-state index contributed by atoms with van der Waals surface area (Å²) in [6.45, 7) is 0. The highest BCUT2D eigenvalue weighted by Crippen LogP contribution is 2.45. The molecule has 102 valence electrons. The van der Waals surface area contributed by atoms with Crippen LogP contribution in [0.3, 0.4) is 0 Å². The monoisotopic (exact) mass is 278 g/mol. The van der Waals surface area contributed by atoms with Crippen LogP contribution in [0, 0.1) is 0 Å². The third-order valence-corrected chi connectivity index (χ3v) is 1.70. The maximum absolute atomic E-state index is 12.2. The van der Waals surface area contributed by atoms with Gasteiger partial charge in [0.1, 0.15) is 0 Å². The molecule has 0 spiro atoms. The van der Waals surface area contributed by atoms with E-state index in [1.54, 1.807) is 0 Å². The van der Waals surface area contributed by atoms with Crippen LogP contribution in [0.2, 0.25) is 0 Å². The minimum Gasteiger partial charge on any atom is -0.462 e. The molecule has 0 aromatic carbocycles. The maximum Gasteiger partial charge on any atom is 0.409 e. The second kappa shape index (κ2) is 4.46. The zero-order chi connectivity index (χ0) is 14.1. The molecule has 0 amide bonds. The molecule has 0 fully saturated rings. The fraction of sp³-hybridized carbons (Fsp3) is 0.571. The van der Waals surface area contributed by atoms with E-state index in [9.17, 15) is 31.1 Å². The molecule has 18 heavy (non-hydrogen) atoms. The normalized spacial score (nSPS) is 12.9. The predicted octanol–water partition coefficient (Wildman–Crippen LogP) is 2.06. The van der Waals surface area contributed by atoms with Crippen molar-refractivity contribution < 1.29 is 40.3 Å². The van der Waals surface area contributed by atoms with Crippen LogP contribution in [0.5, 0.6) is 0 Å². The van der Waals surface area contributed by atoms with E-state index < -0.39 is 36.0 Å². The molecule has 0 aliphatic rings. The summed E-state index contributed by atoms with van der Waals surface area (Å²) in [5, 5.41) is 5.30. The van der Waals surface area contributed by atoms with Gasteiger partial charge in [-0.2, -0.15) is 26.3 Å². The van der Waals surface area contributed by atoms with Gasteiger partial charge in [-0.05, 0) is 0 Å². The van der Waals surface area contributed by atoms with E-state index in [1.807, 2.05) is 0 Å². The quantitative estimate of drug-likeness (QED) is 0.612. The zero-order valence-electron chi connectivity index (χ0n) is 8.46. The largest absolute Gasteiger partial charge is 0.462 e. The Labute approximate surface area is 94.7 Å². The van der Waals surface area contributed by atoms with Crippen LogP contribution in [0.15, 0.2) is 4.42 Å². The molecule has 0 atom stereocenters. The second-order valence-corrected chi connectivity index (χ2v) is 2.95. The van der Waals surface area contributed by atoms with Gasteiger partial charge in [-0.3, -0.25) is 0 Å². The van der Waals surface area contributed by atoms with E-state index in [0.717, 1.165) is 7.11 Å². The molecule has 0 radical (unpaired) electrons. The van der Waals surface area contributed by atoms with Gasteiger partial charge >= 0.3 is 24.2 Å². The summed E-state index contributed by atoms with van der Waals surface area (Å²) in [7, 11) is 0.844. The number of hydrogen-bond donors (Lipinski definition) is 0. The molecular weight excluding hydrogens is 274 g/mol. The molecule has 1 aromatic heterocycles. The molecule has 0 unspecified atom stereocenters. The predicted molar refractivity (Wildman–Crippen MR) is 40.5 cm³/mol. The number of carbonyl (C=O) groups excluding carboxylic acids is 1. The van der Waals surface area contributed by atoms with Crippen molar-refractivity contribution >= 4 is 5.97 Å². The van der Waals surface area contributed by atoms with E-state index in [4.69, 9.17) is 0 Å². The highest BCUT2D eigenvalue weighted by atomic mass is 19.4. The Balaban J connectivity index is 3.16. The van der Waals surface area contributed by atoms with Crippen LogP contribution in [0.4, 0.5) is 26.3 Å². The molecule has 11 heteroatoms. The van der Waals surface area contributed by atoms with Gasteiger partial charge in [0.05, 0.1) is 7.11 Å². The van der Waals surface area contributed by atoms with Crippen molar-refractivity contribution in [2.75, 3.05) is 7.11 Å². The van der Waals surface area contributed by atoms with E-state index >= 15 is 0 Å². The van der Waals surface area contributed by atoms with Gasteiger partial charge in [0, 0.05) is 0 Å². The molecule has 0 bridgehead atoms. The molecule has 1 heterocycles. The average Bonchev–Trinajstić information content (AvgIpc) is 2.60. The third-order valence-electron chi connectivity index (χ3n) is 1.70. The fourth-order valence-electron chi connectivity index (χ4n) is 0.987. The summed E-state index contributed by atoms with van der Waals surface area (Å²) in [5.74, 6) is -8.14. The van der Waals surface area contributed by atoms with Crippen LogP contribution in [-0.2, 0) is 4.74 Å². The standard InChI is InChI=1S/C7H4F6N2O3/c1-17-5(16)4-15-14-3(18-4)2(6(8,9)10)7(11,12)13/h2H,1H3. The summed E-state index contributed by atoms with van der Waals surface area (Å²) in [5.41, 5.74) is 0. The number of alkyl halides is 6. The highest BCUT2D eigenvalue weighted by Gasteiger charge is 2.60. The first kappa shape index (κ1) is 14.3. The van der Waals surface area contributed by atoms with Crippen molar-refractivity contribution in [1.29, 1.82) is 0 Å². The van der Waals surface area contributed by atoms with E-state index in [1.165, 1.54) is 0 Å². The number of ether oxygens (including phenoxy) is 1. The third kappa shape index (κ3) is 2.90. The maximum atomic E-state index is 12.2. The Hall–Kier alpha value is -1.81. The van der Waals surface area contributed by atoms with Crippen LogP contribution in [0.25, 0.3) is 0 Å². The van der Waals surface area contributed by atoms with Gasteiger partial charge in [-0.1, -0.05) is 0 Å². The Kier molecular flexibility index (Phi) is 3.53. The first-order valence-electron chi connectivity index (χ1n) is 4.12. The molecule has 0 aliphatic heterocycles. The van der Waals surface area contributed by atoms with E-state index in [2.05, 4.69) is 19.4 Å². The van der Waals surface area contributed by atoms with Crippen molar-refractivity contribution in [2.45, 2.75) is 18.3 Å². The Bertz CT molecular complexity index is 423. The Morgan fingerprint density at radius 3 is 2.06 bits per heavy atom. The Morgan fingerprint density at radius 1 is 1.17 bits per heavy atom. The number of nitrogens with zero attached hydrogens (tertiary/aromatic N) is 2. The van der Waals surface area contributed by atoms with Crippen molar-refractivity contribution in [3.8, 4) is 0 Å². The number of carbonyl (C=O) groups is 1. The van der Waals surface area contributed by atoms with Gasteiger partial charge < -0.3 is 9.15 Å². The number of esters is 1. The van der Waals surface area contributed by atoms with Gasteiger partial charge in [0.15, 0.2) is 0 Å². The first-order valence-corrected chi connectivity index (χ1v) is 4.12. The highest BCUT2D eigenvalue weighted by molar-refractivity contribution is 5.83. The molecule has 0 aliphatic carbocycles. The first-order chi connectivity index (χ1) is 8.07. The minimum absolute atomic E-state index is 0.844. The van der Waals surface area contributed by atoms with Gasteiger partial charge in [-0.15, -0.1) is 10.2 Å². The van der Waals surface area contributed by atoms with Gasteiger partial charge in [0.25, 0.3) is 0 Å². The van der Waals surface area contributed by atoms with Crippen LogP contribution in [-0.4, -0.2) is 35.6 Å². The molecule has 1 aromatic rings. The summed E-state index contributed by atoms with van der Waals surface area (Å²) in [6.07, 6.45) is -11.3. The lowest BCUT2D eigenvalue weighted by Crippen LogP contribution is -2.34. The number of methoxy groups -OCH3 is 1. The number of halogens is 6. The summed E-state index contributed by atoms with van der Waals surface area (Å²) in [6, 6.07) is 0. The second-order valence-electron chi connectivity index (χ2n) is 2.95. The average molecular weight is 278 g/mol. The number of aromatic nitrogens is 2. The number of rotatable bonds is 2. The molecule has 0 saturated heterocycles. The molecule has 5 nitrogen and oxygen atoms in total. The van der Waals surface area contributed by atoms with Crippen LogP contribution >= 0.6 is 0 Å². The molecule has 0 saturated carbocycles. The van der Waals surface area contributed by atoms with Crippen molar-refractivity contribution in [3.05, 3.63) is 11.8 Å². The van der Waals surface area contributed by atoms with E-state index in [0.29, 0.717) is 0 Å². The van der Waals surface area contributed by atoms with Crippen LogP contribution < -0.4 is 0 Å². The zero-order valence-corrected chi connectivity index (χ0v) is 8.46. The van der Waals surface area contributed by atoms with Crippen molar-refractivity contribution in [1.82, 2.24) is 10.2 Å². The molecular formula is C7H4F6N2O3. The van der Waals surface area contributed by atoms with Gasteiger partial charge in [-0.25, -0.2) is 4.79 Å². The topological polar surface area (TPSA) is 65.2 Å². The number of hydrogen-bond acceptors (Lipinski definition) is 5. The minimum atomic E-state index is -5.67. The lowest BCUT2D eigenvalue weighted by Gasteiger charge is -2.19. The summed E-state index contributed by atoms with van der Waals surface area (Å²) in [4.78, 5) is 10.8. The van der Waals surface area contributed by atoms with E-state index in [-0.39, 0.29) is 0 Å². The Morgan fingerprint density at radius 2 is 1.67 bits per heavy atom. The smallest absolute Gasteiger partial charge is 0.409 e. The lowest BCUT2D eigenvalue weighted by molar-refractivity contribution is -0.258. The van der Waals surface area contributed by atoms with Crippen molar-refractivity contribution in [2.24, 2.45) is 0 Å². The lowest BCUT2D eigenvalue weighted by atomic mass is 10.1. The summed E-state index contributed by atoms with van der Waals surface area (Å²) >= 11 is 0. The van der Waals surface area contributed by atoms with Gasteiger partial charge in [0.2, 0.25) is 11.8 Å². The molecule has 0 N–H and O–H groups in total. The molecule has 1 rings (SSSR count). The van der Waals surface area contributed by atoms with Crippen molar-refractivity contribution in [3.63, 3.8) is 0 Å².